The Labute approximate surface area is 132 Å². The molecule has 0 unspecified atom stereocenters. The van der Waals surface area contributed by atoms with Crippen molar-refractivity contribution in [1.82, 2.24) is 10.2 Å². The maximum atomic E-state index is 11.9. The summed E-state index contributed by atoms with van der Waals surface area (Å²) in [6.45, 7) is 6.82. The van der Waals surface area contributed by atoms with E-state index in [0.717, 1.165) is 17.7 Å². The van der Waals surface area contributed by atoms with Crippen molar-refractivity contribution in [2.75, 3.05) is 26.7 Å². The minimum atomic E-state index is -0.121. The van der Waals surface area contributed by atoms with E-state index in [9.17, 15) is 9.59 Å². The lowest BCUT2D eigenvalue weighted by molar-refractivity contribution is -0.134. The average Bonchev–Trinajstić information content (AvgIpc) is 2.46. The molecule has 0 aliphatic heterocycles. The highest BCUT2D eigenvalue weighted by molar-refractivity contribution is 5.83. The van der Waals surface area contributed by atoms with Crippen LogP contribution in [0, 0.1) is 5.92 Å². The van der Waals surface area contributed by atoms with Crippen molar-refractivity contribution in [2.24, 2.45) is 5.92 Å². The van der Waals surface area contributed by atoms with Crippen LogP contribution >= 0.6 is 0 Å². The van der Waals surface area contributed by atoms with Crippen LogP contribution in [-0.2, 0) is 16.0 Å². The highest BCUT2D eigenvalue weighted by Crippen LogP contribution is 2.11. The van der Waals surface area contributed by atoms with Gasteiger partial charge in [0.2, 0.25) is 11.8 Å². The molecule has 5 nitrogen and oxygen atoms in total. The van der Waals surface area contributed by atoms with Crippen LogP contribution in [0.3, 0.4) is 0 Å². The molecule has 0 bridgehead atoms. The van der Waals surface area contributed by atoms with E-state index in [1.807, 2.05) is 38.1 Å². The minimum Gasteiger partial charge on any atom is -0.497 e. The van der Waals surface area contributed by atoms with Crippen molar-refractivity contribution >= 4 is 11.8 Å². The zero-order valence-electron chi connectivity index (χ0n) is 13.9. The van der Waals surface area contributed by atoms with Crippen molar-refractivity contribution in [1.29, 1.82) is 0 Å². The summed E-state index contributed by atoms with van der Waals surface area (Å²) < 4.78 is 5.10. The Morgan fingerprint density at radius 1 is 1.23 bits per heavy atom. The van der Waals surface area contributed by atoms with Crippen LogP contribution in [-0.4, -0.2) is 43.5 Å². The van der Waals surface area contributed by atoms with Gasteiger partial charge < -0.3 is 15.0 Å². The molecule has 0 saturated carbocycles. The van der Waals surface area contributed by atoms with Gasteiger partial charge in [0.1, 0.15) is 5.75 Å². The summed E-state index contributed by atoms with van der Waals surface area (Å²) in [5, 5.41) is 2.85. The van der Waals surface area contributed by atoms with Crippen LogP contribution in [0.1, 0.15) is 26.3 Å². The number of methoxy groups -OCH3 is 1. The summed E-state index contributed by atoms with van der Waals surface area (Å²) in [6, 6.07) is 7.76. The zero-order chi connectivity index (χ0) is 16.5. The summed E-state index contributed by atoms with van der Waals surface area (Å²) in [5.41, 5.74) is 1.13. The second-order valence-electron chi connectivity index (χ2n) is 5.74. The first-order valence-corrected chi connectivity index (χ1v) is 7.57. The number of amides is 2. The summed E-state index contributed by atoms with van der Waals surface area (Å²) >= 11 is 0. The van der Waals surface area contributed by atoms with E-state index in [1.54, 1.807) is 12.0 Å². The number of ether oxygens (including phenoxy) is 1. The number of nitrogens with one attached hydrogen (secondary N) is 1. The van der Waals surface area contributed by atoms with Gasteiger partial charge in [-0.1, -0.05) is 26.0 Å². The number of carbonyl (C=O) groups is 2. The number of rotatable bonds is 8. The molecule has 0 aliphatic rings. The zero-order valence-corrected chi connectivity index (χ0v) is 13.9. The van der Waals surface area contributed by atoms with Gasteiger partial charge in [-0.05, 0) is 30.0 Å². The summed E-state index contributed by atoms with van der Waals surface area (Å²) in [6.07, 6.45) is 0.750. The first kappa shape index (κ1) is 18.0. The Hall–Kier alpha value is -2.04. The van der Waals surface area contributed by atoms with Crippen molar-refractivity contribution in [3.8, 4) is 5.75 Å². The van der Waals surface area contributed by atoms with Gasteiger partial charge in [-0.15, -0.1) is 0 Å². The number of hydrogen-bond donors (Lipinski definition) is 1. The van der Waals surface area contributed by atoms with Gasteiger partial charge in [-0.25, -0.2) is 0 Å². The van der Waals surface area contributed by atoms with E-state index in [1.165, 1.54) is 6.92 Å². The molecule has 122 valence electrons. The van der Waals surface area contributed by atoms with Gasteiger partial charge >= 0.3 is 0 Å². The molecule has 1 N–H and O–H groups in total. The number of carbonyl (C=O) groups excluding carboxylic acids is 2. The predicted octanol–water partition coefficient (Wildman–Crippen LogP) is 1.86. The SMILES string of the molecule is COc1ccc(CCNC(=O)CN(CC(C)C)C(C)=O)cc1. The Kier molecular flexibility index (Phi) is 7.43. The number of hydrogen-bond acceptors (Lipinski definition) is 3. The summed E-state index contributed by atoms with van der Waals surface area (Å²) in [7, 11) is 1.63. The van der Waals surface area contributed by atoms with Gasteiger partial charge in [-0.2, -0.15) is 0 Å². The van der Waals surface area contributed by atoms with E-state index in [-0.39, 0.29) is 18.4 Å². The predicted molar refractivity (Wildman–Crippen MR) is 86.8 cm³/mol. The molecule has 1 aromatic rings. The Morgan fingerprint density at radius 3 is 2.36 bits per heavy atom. The van der Waals surface area contributed by atoms with E-state index >= 15 is 0 Å². The van der Waals surface area contributed by atoms with Gasteiger partial charge in [-0.3, -0.25) is 9.59 Å². The second-order valence-corrected chi connectivity index (χ2v) is 5.74. The molecular formula is C17H26N2O3. The molecule has 2 amide bonds. The lowest BCUT2D eigenvalue weighted by atomic mass is 10.1. The average molecular weight is 306 g/mol. The molecule has 0 atom stereocenters. The van der Waals surface area contributed by atoms with Crippen LogP contribution in [0.2, 0.25) is 0 Å². The first-order chi connectivity index (χ1) is 10.4. The Morgan fingerprint density at radius 2 is 1.86 bits per heavy atom. The van der Waals surface area contributed by atoms with Gasteiger partial charge in [0.25, 0.3) is 0 Å². The lowest BCUT2D eigenvalue weighted by Gasteiger charge is -2.22. The van der Waals surface area contributed by atoms with Crippen molar-refractivity contribution in [2.45, 2.75) is 27.2 Å². The molecule has 5 heteroatoms. The van der Waals surface area contributed by atoms with E-state index in [0.29, 0.717) is 19.0 Å². The fraction of sp³-hybridized carbons (Fsp3) is 0.529. The molecule has 0 fully saturated rings. The molecule has 0 aliphatic carbocycles. The van der Waals surface area contributed by atoms with Gasteiger partial charge in [0.05, 0.1) is 13.7 Å². The quantitative estimate of drug-likeness (QED) is 0.797. The monoisotopic (exact) mass is 306 g/mol. The standard InChI is InChI=1S/C17H26N2O3/c1-13(2)11-19(14(3)20)12-17(21)18-10-9-15-5-7-16(22-4)8-6-15/h5-8,13H,9-12H2,1-4H3,(H,18,21). The maximum Gasteiger partial charge on any atom is 0.239 e. The molecule has 22 heavy (non-hydrogen) atoms. The van der Waals surface area contributed by atoms with Gasteiger partial charge in [0, 0.05) is 20.0 Å². The van der Waals surface area contributed by atoms with Crippen LogP contribution in [0.5, 0.6) is 5.75 Å². The number of benzene rings is 1. The largest absolute Gasteiger partial charge is 0.497 e. The molecule has 1 aromatic carbocycles. The second kappa shape index (κ2) is 9.07. The fourth-order valence-corrected chi connectivity index (χ4v) is 2.11. The maximum absolute atomic E-state index is 11.9. The first-order valence-electron chi connectivity index (χ1n) is 7.57. The Bertz CT molecular complexity index is 483. The molecule has 0 heterocycles. The molecule has 1 rings (SSSR count). The highest BCUT2D eigenvalue weighted by atomic mass is 16.5. The molecule has 0 radical (unpaired) electrons. The summed E-state index contributed by atoms with van der Waals surface area (Å²) in [4.78, 5) is 25.0. The Balaban J connectivity index is 2.36. The fourth-order valence-electron chi connectivity index (χ4n) is 2.11. The van der Waals surface area contributed by atoms with Crippen molar-refractivity contribution in [3.63, 3.8) is 0 Å². The van der Waals surface area contributed by atoms with Crippen LogP contribution in [0.25, 0.3) is 0 Å². The minimum absolute atomic E-state index is 0.0704. The summed E-state index contributed by atoms with van der Waals surface area (Å²) in [5.74, 6) is 0.970. The van der Waals surface area contributed by atoms with E-state index in [4.69, 9.17) is 4.74 Å². The van der Waals surface area contributed by atoms with Crippen LogP contribution < -0.4 is 10.1 Å². The lowest BCUT2D eigenvalue weighted by Crippen LogP contribution is -2.41. The van der Waals surface area contributed by atoms with Gasteiger partial charge in [0.15, 0.2) is 0 Å². The van der Waals surface area contributed by atoms with Crippen LogP contribution in [0.4, 0.5) is 0 Å². The molecule has 0 saturated heterocycles. The number of nitrogens with zero attached hydrogens (tertiary/aromatic N) is 1. The normalized spacial score (nSPS) is 10.4. The topological polar surface area (TPSA) is 58.6 Å². The third-order valence-corrected chi connectivity index (χ3v) is 3.26. The highest BCUT2D eigenvalue weighted by Gasteiger charge is 2.14. The van der Waals surface area contributed by atoms with E-state index < -0.39 is 0 Å². The smallest absolute Gasteiger partial charge is 0.239 e. The third kappa shape index (κ3) is 6.61. The van der Waals surface area contributed by atoms with Crippen molar-refractivity contribution in [3.05, 3.63) is 29.8 Å². The third-order valence-electron chi connectivity index (χ3n) is 3.26. The molecular weight excluding hydrogens is 280 g/mol. The molecule has 0 aromatic heterocycles. The van der Waals surface area contributed by atoms with Crippen LogP contribution in [0.15, 0.2) is 24.3 Å². The van der Waals surface area contributed by atoms with E-state index in [2.05, 4.69) is 5.32 Å². The molecule has 0 spiro atoms. The van der Waals surface area contributed by atoms with Crippen molar-refractivity contribution < 1.29 is 14.3 Å².